The zero-order valence-electron chi connectivity index (χ0n) is 11.9. The summed E-state index contributed by atoms with van der Waals surface area (Å²) in [6.45, 7) is 0. The van der Waals surface area contributed by atoms with Gasteiger partial charge in [0.25, 0.3) is 0 Å². The third-order valence-electron chi connectivity index (χ3n) is 3.85. The maximum absolute atomic E-state index is 11.7. The first kappa shape index (κ1) is 13.9. The first-order valence-corrected chi connectivity index (χ1v) is 7.87. The van der Waals surface area contributed by atoms with Crippen LogP contribution in [0, 0.1) is 0 Å². The Kier molecular flexibility index (Phi) is 3.84. The molecule has 0 spiro atoms. The number of hydrogen-bond donors (Lipinski definition) is 2. The normalized spacial score (nSPS) is 17.1. The van der Waals surface area contributed by atoms with E-state index in [0.717, 1.165) is 12.1 Å². The fourth-order valence-electron chi connectivity index (χ4n) is 2.77. The van der Waals surface area contributed by atoms with Crippen molar-refractivity contribution in [2.45, 2.75) is 25.3 Å². The molecule has 21 heavy (non-hydrogen) atoms. The second kappa shape index (κ2) is 5.77. The number of thiophene rings is 1. The molecule has 1 aliphatic carbocycles. The lowest BCUT2D eigenvalue weighted by Gasteiger charge is -2.25. The predicted octanol–water partition coefficient (Wildman–Crippen LogP) is 3.61. The highest BCUT2D eigenvalue weighted by atomic mass is 32.1. The molecular weight excluding hydrogens is 284 g/mol. The van der Waals surface area contributed by atoms with E-state index in [9.17, 15) is 4.79 Å². The molecule has 0 saturated heterocycles. The van der Waals surface area contributed by atoms with Gasteiger partial charge in [-0.05, 0) is 54.5 Å². The summed E-state index contributed by atoms with van der Waals surface area (Å²) in [4.78, 5) is 13.2. The lowest BCUT2D eigenvalue weighted by molar-refractivity contribution is 0.0602. The van der Waals surface area contributed by atoms with Crippen molar-refractivity contribution in [2.24, 2.45) is 0 Å². The van der Waals surface area contributed by atoms with Crippen LogP contribution >= 0.6 is 11.3 Å². The molecule has 1 aromatic heterocycles. The minimum absolute atomic E-state index is 0.300. The number of nitrogens with two attached hydrogens (primary N) is 1. The number of aryl methyl sites for hydroxylation is 1. The molecule has 0 fully saturated rings. The zero-order chi connectivity index (χ0) is 14.8. The van der Waals surface area contributed by atoms with Crippen molar-refractivity contribution in [1.29, 1.82) is 0 Å². The van der Waals surface area contributed by atoms with Crippen LogP contribution < -0.4 is 11.1 Å². The number of methoxy groups -OCH3 is 1. The van der Waals surface area contributed by atoms with Crippen LogP contribution in [0.15, 0.2) is 29.6 Å². The van der Waals surface area contributed by atoms with E-state index in [1.165, 1.54) is 30.4 Å². The molecule has 2 aromatic rings. The number of ether oxygens (including phenoxy) is 1. The minimum atomic E-state index is -0.406. The molecule has 4 nitrogen and oxygen atoms in total. The average molecular weight is 302 g/mol. The highest BCUT2D eigenvalue weighted by Crippen LogP contribution is 2.35. The molecule has 1 atom stereocenters. The second-order valence-corrected chi connectivity index (χ2v) is 6.18. The van der Waals surface area contributed by atoms with Gasteiger partial charge in [-0.25, -0.2) is 4.79 Å². The van der Waals surface area contributed by atoms with Gasteiger partial charge in [0.05, 0.1) is 18.7 Å². The van der Waals surface area contributed by atoms with Crippen LogP contribution in [0.3, 0.4) is 0 Å². The van der Waals surface area contributed by atoms with Crippen LogP contribution in [0.25, 0.3) is 0 Å². The summed E-state index contributed by atoms with van der Waals surface area (Å²) >= 11 is 1.82. The molecule has 1 aromatic carbocycles. The van der Waals surface area contributed by atoms with Gasteiger partial charge in [0.2, 0.25) is 0 Å². The summed E-state index contributed by atoms with van der Waals surface area (Å²) in [6, 6.07) is 7.90. The molecule has 1 aliphatic rings. The number of hydrogen-bond acceptors (Lipinski definition) is 5. The molecule has 110 valence electrons. The van der Waals surface area contributed by atoms with Gasteiger partial charge < -0.3 is 15.8 Å². The summed E-state index contributed by atoms with van der Waals surface area (Å²) in [6.07, 6.45) is 3.45. The van der Waals surface area contributed by atoms with Gasteiger partial charge in [-0.3, -0.25) is 0 Å². The smallest absolute Gasteiger partial charge is 0.340 e. The highest BCUT2D eigenvalue weighted by Gasteiger charge is 2.21. The number of nitrogens with one attached hydrogen (secondary N) is 1. The molecule has 1 heterocycles. The molecule has 3 rings (SSSR count). The van der Waals surface area contributed by atoms with E-state index in [-0.39, 0.29) is 0 Å². The topological polar surface area (TPSA) is 64.3 Å². The Labute approximate surface area is 127 Å². The second-order valence-electron chi connectivity index (χ2n) is 5.18. The van der Waals surface area contributed by atoms with Crippen molar-refractivity contribution in [1.82, 2.24) is 0 Å². The van der Waals surface area contributed by atoms with Crippen LogP contribution in [0.4, 0.5) is 11.4 Å². The van der Waals surface area contributed by atoms with E-state index in [1.807, 2.05) is 17.4 Å². The van der Waals surface area contributed by atoms with Gasteiger partial charge in [0.1, 0.15) is 0 Å². The maximum Gasteiger partial charge on any atom is 0.340 e. The van der Waals surface area contributed by atoms with Gasteiger partial charge in [-0.2, -0.15) is 0 Å². The Morgan fingerprint density at radius 1 is 1.43 bits per heavy atom. The van der Waals surface area contributed by atoms with E-state index in [0.29, 0.717) is 17.3 Å². The Bertz CT molecular complexity index is 666. The van der Waals surface area contributed by atoms with Crippen molar-refractivity contribution < 1.29 is 9.53 Å². The Hall–Kier alpha value is -2.01. The summed E-state index contributed by atoms with van der Waals surface area (Å²) < 4.78 is 4.76. The first-order chi connectivity index (χ1) is 10.2. The quantitative estimate of drug-likeness (QED) is 0.671. The van der Waals surface area contributed by atoms with Crippen molar-refractivity contribution in [3.8, 4) is 0 Å². The number of esters is 1. The third kappa shape index (κ3) is 2.74. The van der Waals surface area contributed by atoms with Crippen molar-refractivity contribution in [3.05, 3.63) is 45.6 Å². The molecule has 0 radical (unpaired) electrons. The van der Waals surface area contributed by atoms with Crippen molar-refractivity contribution in [2.75, 3.05) is 18.2 Å². The van der Waals surface area contributed by atoms with Crippen LogP contribution in [-0.4, -0.2) is 13.1 Å². The molecule has 0 aliphatic heterocycles. The average Bonchev–Trinajstić information content (AvgIpc) is 2.98. The van der Waals surface area contributed by atoms with Gasteiger partial charge in [-0.1, -0.05) is 0 Å². The van der Waals surface area contributed by atoms with Gasteiger partial charge in [0, 0.05) is 16.3 Å². The Morgan fingerprint density at radius 2 is 2.29 bits per heavy atom. The number of rotatable bonds is 3. The minimum Gasteiger partial charge on any atom is -0.465 e. The highest BCUT2D eigenvalue weighted by molar-refractivity contribution is 7.10. The number of carbonyl (C=O) groups excluding carboxylic acids is 1. The van der Waals surface area contributed by atoms with E-state index in [1.54, 1.807) is 12.1 Å². The van der Waals surface area contributed by atoms with E-state index in [4.69, 9.17) is 10.5 Å². The van der Waals surface area contributed by atoms with Crippen LogP contribution in [0.1, 0.15) is 39.7 Å². The number of benzene rings is 1. The van der Waals surface area contributed by atoms with E-state index >= 15 is 0 Å². The molecule has 5 heteroatoms. The van der Waals surface area contributed by atoms with Gasteiger partial charge in [0.15, 0.2) is 0 Å². The van der Waals surface area contributed by atoms with E-state index in [2.05, 4.69) is 16.8 Å². The fraction of sp³-hybridized carbons (Fsp3) is 0.312. The molecule has 3 N–H and O–H groups in total. The largest absolute Gasteiger partial charge is 0.465 e. The van der Waals surface area contributed by atoms with Crippen molar-refractivity contribution in [3.63, 3.8) is 0 Å². The van der Waals surface area contributed by atoms with Crippen molar-refractivity contribution >= 4 is 28.7 Å². The predicted molar refractivity (Wildman–Crippen MR) is 85.8 cm³/mol. The summed E-state index contributed by atoms with van der Waals surface area (Å²) in [5.41, 5.74) is 8.95. The number of nitrogen functional groups attached to an aromatic ring is 1. The Balaban J connectivity index is 1.85. The van der Waals surface area contributed by atoms with Crippen LogP contribution in [0.5, 0.6) is 0 Å². The molecule has 0 saturated carbocycles. The first-order valence-electron chi connectivity index (χ1n) is 6.99. The SMILES string of the molecule is COC(=O)c1cc(NC2CCCc3sccc32)ccc1N. The lowest BCUT2D eigenvalue weighted by Crippen LogP contribution is -2.16. The van der Waals surface area contributed by atoms with Crippen LogP contribution in [-0.2, 0) is 11.2 Å². The lowest BCUT2D eigenvalue weighted by atomic mass is 9.94. The van der Waals surface area contributed by atoms with Gasteiger partial charge in [-0.15, -0.1) is 11.3 Å². The summed E-state index contributed by atoms with van der Waals surface area (Å²) in [5.74, 6) is -0.406. The van der Waals surface area contributed by atoms with Gasteiger partial charge >= 0.3 is 5.97 Å². The fourth-order valence-corrected chi connectivity index (χ4v) is 3.76. The Morgan fingerprint density at radius 3 is 3.10 bits per heavy atom. The number of anilines is 2. The molecule has 0 bridgehead atoms. The molecule has 1 unspecified atom stereocenters. The maximum atomic E-state index is 11.7. The third-order valence-corrected chi connectivity index (χ3v) is 4.85. The number of carbonyl (C=O) groups is 1. The zero-order valence-corrected chi connectivity index (χ0v) is 12.7. The monoisotopic (exact) mass is 302 g/mol. The number of fused-ring (bicyclic) bond motifs is 1. The van der Waals surface area contributed by atoms with E-state index < -0.39 is 5.97 Å². The molecule has 0 amide bonds. The molecular formula is C16H18N2O2S. The summed E-state index contributed by atoms with van der Waals surface area (Å²) in [7, 11) is 1.36. The summed E-state index contributed by atoms with van der Waals surface area (Å²) in [5, 5.41) is 5.66. The standard InChI is InChI=1S/C16H18N2O2S/c1-20-16(19)12-9-10(5-6-13(12)17)18-14-3-2-4-15-11(14)7-8-21-15/h5-9,14,18H,2-4,17H2,1H3. The van der Waals surface area contributed by atoms with Crippen LogP contribution in [0.2, 0.25) is 0 Å².